The molecule has 1 nitrogen and oxygen atoms in total. The number of hydrogen-bond acceptors (Lipinski definition) is 1. The molecule has 0 unspecified atom stereocenters. The van der Waals surface area contributed by atoms with Crippen LogP contribution in [0.3, 0.4) is 0 Å². The molecule has 13 heavy (non-hydrogen) atoms. The van der Waals surface area contributed by atoms with Gasteiger partial charge in [0.25, 0.3) is 0 Å². The first-order valence-corrected chi connectivity index (χ1v) is 5.05. The molecule has 0 saturated carbocycles. The van der Waals surface area contributed by atoms with Crippen LogP contribution in [-0.4, -0.2) is 0 Å². The van der Waals surface area contributed by atoms with E-state index in [9.17, 15) is 0 Å². The van der Waals surface area contributed by atoms with E-state index in [1.807, 2.05) is 6.92 Å². The van der Waals surface area contributed by atoms with Crippen molar-refractivity contribution in [3.63, 3.8) is 0 Å². The van der Waals surface area contributed by atoms with Crippen LogP contribution in [0.5, 0.6) is 0 Å². The molecule has 72 valence electrons. The van der Waals surface area contributed by atoms with Gasteiger partial charge < -0.3 is 5.73 Å². The van der Waals surface area contributed by atoms with Gasteiger partial charge in [-0.15, -0.1) is 0 Å². The summed E-state index contributed by atoms with van der Waals surface area (Å²) in [6.07, 6.45) is 2.18. The summed E-state index contributed by atoms with van der Waals surface area (Å²) in [7, 11) is 0. The van der Waals surface area contributed by atoms with E-state index in [1.165, 1.54) is 16.7 Å². The highest BCUT2D eigenvalue weighted by Gasteiger charge is 2.02. The summed E-state index contributed by atoms with van der Waals surface area (Å²) in [5, 5.41) is 0. The van der Waals surface area contributed by atoms with Crippen LogP contribution in [0.15, 0.2) is 18.2 Å². The number of hydrogen-bond donors (Lipinski definition) is 1. The first-order valence-electron chi connectivity index (χ1n) is 5.05. The summed E-state index contributed by atoms with van der Waals surface area (Å²) in [5.41, 5.74) is 9.91. The second kappa shape index (κ2) is 4.43. The van der Waals surface area contributed by atoms with E-state index in [0.717, 1.165) is 12.8 Å². The molecule has 1 aromatic carbocycles. The molecule has 0 fully saturated rings. The van der Waals surface area contributed by atoms with Crippen molar-refractivity contribution in [1.29, 1.82) is 0 Å². The molecule has 1 rings (SSSR count). The minimum atomic E-state index is 0.150. The maximum Gasteiger partial charge on any atom is 0.0266 e. The predicted molar refractivity (Wildman–Crippen MR) is 57.8 cm³/mol. The van der Waals surface area contributed by atoms with Gasteiger partial charge in [0.05, 0.1) is 0 Å². The van der Waals surface area contributed by atoms with E-state index in [2.05, 4.69) is 32.0 Å². The molecule has 1 aromatic rings. The molecule has 1 heteroatoms. The van der Waals surface area contributed by atoms with Crippen LogP contribution in [0.1, 0.15) is 43.5 Å². The molecule has 1 atom stereocenters. The van der Waals surface area contributed by atoms with Crippen molar-refractivity contribution in [2.45, 2.75) is 39.7 Å². The summed E-state index contributed by atoms with van der Waals surface area (Å²) >= 11 is 0. The lowest BCUT2D eigenvalue weighted by Crippen LogP contribution is -2.06. The van der Waals surface area contributed by atoms with Gasteiger partial charge in [-0.25, -0.2) is 0 Å². The van der Waals surface area contributed by atoms with Gasteiger partial charge in [-0.1, -0.05) is 32.0 Å². The largest absolute Gasteiger partial charge is 0.324 e. The summed E-state index contributed by atoms with van der Waals surface area (Å²) in [4.78, 5) is 0. The summed E-state index contributed by atoms with van der Waals surface area (Å²) in [6, 6.07) is 6.84. The topological polar surface area (TPSA) is 26.0 Å². The maximum absolute atomic E-state index is 5.86. The van der Waals surface area contributed by atoms with E-state index in [-0.39, 0.29) is 6.04 Å². The Labute approximate surface area is 81.0 Å². The van der Waals surface area contributed by atoms with Crippen molar-refractivity contribution in [2.24, 2.45) is 5.73 Å². The van der Waals surface area contributed by atoms with Gasteiger partial charge in [0, 0.05) is 6.04 Å². The minimum absolute atomic E-state index is 0.150. The maximum atomic E-state index is 5.86. The van der Waals surface area contributed by atoms with Crippen LogP contribution in [-0.2, 0) is 12.8 Å². The van der Waals surface area contributed by atoms with Gasteiger partial charge in [-0.2, -0.15) is 0 Å². The van der Waals surface area contributed by atoms with Crippen molar-refractivity contribution in [3.8, 4) is 0 Å². The van der Waals surface area contributed by atoms with E-state index in [0.29, 0.717) is 0 Å². The molecule has 0 saturated heterocycles. The van der Waals surface area contributed by atoms with Crippen molar-refractivity contribution >= 4 is 0 Å². The second-order valence-corrected chi connectivity index (χ2v) is 3.58. The first-order chi connectivity index (χ1) is 6.17. The molecule has 0 aromatic heterocycles. The molecule has 0 spiro atoms. The third kappa shape index (κ3) is 2.56. The number of aryl methyl sites for hydroxylation is 2. The molecule has 0 radical (unpaired) electrons. The highest BCUT2D eigenvalue weighted by Crippen LogP contribution is 2.16. The number of nitrogens with two attached hydrogens (primary N) is 1. The Morgan fingerprint density at radius 3 is 1.85 bits per heavy atom. The van der Waals surface area contributed by atoms with E-state index in [4.69, 9.17) is 5.73 Å². The fraction of sp³-hybridized carbons (Fsp3) is 0.500. The molecule has 0 aliphatic rings. The van der Waals surface area contributed by atoms with Gasteiger partial charge in [0.1, 0.15) is 0 Å². The Bertz CT molecular complexity index is 254. The lowest BCUT2D eigenvalue weighted by molar-refractivity contribution is 0.812. The zero-order valence-corrected chi connectivity index (χ0v) is 8.80. The van der Waals surface area contributed by atoms with Crippen molar-refractivity contribution in [2.75, 3.05) is 0 Å². The molecule has 0 heterocycles. The van der Waals surface area contributed by atoms with E-state index in [1.54, 1.807) is 0 Å². The van der Waals surface area contributed by atoms with Crippen LogP contribution in [0.25, 0.3) is 0 Å². The fourth-order valence-electron chi connectivity index (χ4n) is 1.46. The van der Waals surface area contributed by atoms with Crippen molar-refractivity contribution in [3.05, 3.63) is 34.9 Å². The highest BCUT2D eigenvalue weighted by atomic mass is 14.6. The Morgan fingerprint density at radius 1 is 1.08 bits per heavy atom. The molecule has 2 N–H and O–H groups in total. The molecule has 0 amide bonds. The monoisotopic (exact) mass is 177 g/mol. The van der Waals surface area contributed by atoms with Gasteiger partial charge in [0.15, 0.2) is 0 Å². The predicted octanol–water partition coefficient (Wildman–Crippen LogP) is 2.83. The van der Waals surface area contributed by atoms with Gasteiger partial charge in [-0.05, 0) is 36.5 Å². The third-order valence-corrected chi connectivity index (χ3v) is 2.42. The van der Waals surface area contributed by atoms with Crippen LogP contribution in [0, 0.1) is 0 Å². The normalized spacial score (nSPS) is 12.9. The number of benzene rings is 1. The molecular weight excluding hydrogens is 158 g/mol. The first kappa shape index (κ1) is 10.3. The van der Waals surface area contributed by atoms with Crippen LogP contribution in [0.2, 0.25) is 0 Å². The Hall–Kier alpha value is -0.820. The van der Waals surface area contributed by atoms with Gasteiger partial charge in [-0.3, -0.25) is 0 Å². The Kier molecular flexibility index (Phi) is 3.49. The standard InChI is InChI=1S/C12H19N/c1-4-10-6-11(5-2)8-12(7-10)9(3)13/h6-9H,4-5,13H2,1-3H3/t9-/m0/s1. The summed E-state index contributed by atoms with van der Waals surface area (Å²) in [5.74, 6) is 0. The fourth-order valence-corrected chi connectivity index (χ4v) is 1.46. The zero-order chi connectivity index (χ0) is 9.84. The van der Waals surface area contributed by atoms with E-state index >= 15 is 0 Å². The smallest absolute Gasteiger partial charge is 0.0266 e. The van der Waals surface area contributed by atoms with E-state index < -0.39 is 0 Å². The van der Waals surface area contributed by atoms with Gasteiger partial charge in [0.2, 0.25) is 0 Å². The minimum Gasteiger partial charge on any atom is -0.324 e. The zero-order valence-electron chi connectivity index (χ0n) is 8.80. The molecule has 0 aliphatic carbocycles. The van der Waals surface area contributed by atoms with Crippen molar-refractivity contribution < 1.29 is 0 Å². The lowest BCUT2D eigenvalue weighted by Gasteiger charge is -2.10. The summed E-state index contributed by atoms with van der Waals surface area (Å²) in [6.45, 7) is 6.40. The Balaban J connectivity index is 3.07. The van der Waals surface area contributed by atoms with Crippen LogP contribution in [0.4, 0.5) is 0 Å². The van der Waals surface area contributed by atoms with Crippen LogP contribution < -0.4 is 5.73 Å². The van der Waals surface area contributed by atoms with Crippen molar-refractivity contribution in [1.82, 2.24) is 0 Å². The Morgan fingerprint density at radius 2 is 1.54 bits per heavy atom. The van der Waals surface area contributed by atoms with Gasteiger partial charge >= 0.3 is 0 Å². The molecule has 0 bridgehead atoms. The second-order valence-electron chi connectivity index (χ2n) is 3.58. The molecular formula is C12H19N. The average molecular weight is 177 g/mol. The van der Waals surface area contributed by atoms with Crippen LogP contribution >= 0.6 is 0 Å². The quantitative estimate of drug-likeness (QED) is 0.755. The average Bonchev–Trinajstić information content (AvgIpc) is 2.16. The lowest BCUT2D eigenvalue weighted by atomic mass is 9.99. The highest BCUT2D eigenvalue weighted by molar-refractivity contribution is 5.31. The summed E-state index contributed by atoms with van der Waals surface area (Å²) < 4.78 is 0. The number of rotatable bonds is 3. The SMILES string of the molecule is CCc1cc(CC)cc([C@H](C)N)c1. The third-order valence-electron chi connectivity index (χ3n) is 2.42. The molecule has 0 aliphatic heterocycles.